The monoisotopic (exact) mass is 539 g/mol. The molecule has 0 bridgehead atoms. The average molecular weight is 540 g/mol. The maximum absolute atomic E-state index is 6.16. The fourth-order valence-corrected chi connectivity index (χ4v) is 3.68. The lowest BCUT2D eigenvalue weighted by molar-refractivity contribution is 0.409. The smallest absolute Gasteiger partial charge is 0.192 e. The molecule has 2 heterocycles. The Morgan fingerprint density at radius 2 is 1.89 bits per heavy atom. The molecule has 7 nitrogen and oxygen atoms in total. The zero-order valence-corrected chi connectivity index (χ0v) is 20.3. The Morgan fingerprint density at radius 3 is 2.46 bits per heavy atom. The molecule has 10 heteroatoms. The van der Waals surface area contributed by atoms with Gasteiger partial charge in [0.2, 0.25) is 0 Å². The molecule has 0 unspecified atom stereocenters. The Bertz CT molecular complexity index is 809. The lowest BCUT2D eigenvalue weighted by Gasteiger charge is -2.25. The van der Waals surface area contributed by atoms with Crippen molar-refractivity contribution in [2.45, 2.75) is 58.2 Å². The van der Waals surface area contributed by atoms with Crippen molar-refractivity contribution >= 4 is 53.1 Å². The van der Waals surface area contributed by atoms with E-state index in [-0.39, 0.29) is 24.0 Å². The summed E-state index contributed by atoms with van der Waals surface area (Å²) in [5.74, 6) is 2.53. The van der Waals surface area contributed by atoms with Gasteiger partial charge in [-0.15, -0.1) is 34.2 Å². The zero-order valence-electron chi connectivity index (χ0n) is 16.5. The molecule has 2 aromatic heterocycles. The summed E-state index contributed by atoms with van der Waals surface area (Å²) in [6.45, 7) is 2.99. The molecular formula is C18H28Cl2IN7. The minimum Gasteiger partial charge on any atom is -0.354 e. The van der Waals surface area contributed by atoms with Crippen LogP contribution in [0.4, 0.5) is 0 Å². The quantitative estimate of drug-likeness (QED) is 0.343. The summed E-state index contributed by atoms with van der Waals surface area (Å²) in [4.78, 5) is 4.75. The van der Waals surface area contributed by atoms with Crippen molar-refractivity contribution in [3.05, 3.63) is 33.6 Å². The SMILES string of the molecule is Cc1nnc(CNC(=NCc2cc(Cl)c(Cl)n2C)NC2CCCCC2)n1C.I. The summed E-state index contributed by atoms with van der Waals surface area (Å²) in [7, 11) is 3.86. The first-order chi connectivity index (χ1) is 13.0. The molecule has 2 aromatic rings. The highest BCUT2D eigenvalue weighted by molar-refractivity contribution is 14.0. The van der Waals surface area contributed by atoms with Crippen LogP contribution in [0.15, 0.2) is 11.1 Å². The van der Waals surface area contributed by atoms with E-state index in [0.29, 0.717) is 29.3 Å². The summed E-state index contributed by atoms with van der Waals surface area (Å²) < 4.78 is 3.83. The number of aryl methyl sites for hydroxylation is 1. The number of aromatic nitrogens is 4. The van der Waals surface area contributed by atoms with E-state index in [4.69, 9.17) is 28.2 Å². The van der Waals surface area contributed by atoms with Gasteiger partial charge in [0, 0.05) is 25.8 Å². The molecule has 1 saturated carbocycles. The highest BCUT2D eigenvalue weighted by Crippen LogP contribution is 2.25. The van der Waals surface area contributed by atoms with Crippen LogP contribution in [0, 0.1) is 6.92 Å². The molecule has 0 aromatic carbocycles. The van der Waals surface area contributed by atoms with Crippen molar-refractivity contribution in [1.82, 2.24) is 30.0 Å². The Labute approximate surface area is 193 Å². The Morgan fingerprint density at radius 1 is 1.18 bits per heavy atom. The predicted octanol–water partition coefficient (Wildman–Crippen LogP) is 3.95. The minimum absolute atomic E-state index is 0. The Balaban J connectivity index is 0.00000280. The lowest BCUT2D eigenvalue weighted by atomic mass is 9.96. The van der Waals surface area contributed by atoms with Crippen LogP contribution in [-0.2, 0) is 27.2 Å². The van der Waals surface area contributed by atoms with Crippen LogP contribution >= 0.6 is 47.2 Å². The minimum atomic E-state index is 0. The summed E-state index contributed by atoms with van der Waals surface area (Å²) in [6, 6.07) is 2.31. The number of guanidine groups is 1. The maximum atomic E-state index is 6.16. The van der Waals surface area contributed by atoms with E-state index in [1.165, 1.54) is 32.1 Å². The van der Waals surface area contributed by atoms with E-state index in [1.807, 2.05) is 36.2 Å². The second-order valence-corrected chi connectivity index (χ2v) is 7.82. The van der Waals surface area contributed by atoms with E-state index in [2.05, 4.69) is 20.8 Å². The molecule has 3 rings (SSSR count). The van der Waals surface area contributed by atoms with Gasteiger partial charge in [-0.05, 0) is 25.8 Å². The van der Waals surface area contributed by atoms with Crippen LogP contribution in [0.1, 0.15) is 49.4 Å². The first-order valence-corrected chi connectivity index (χ1v) is 10.1. The molecule has 0 atom stereocenters. The van der Waals surface area contributed by atoms with Gasteiger partial charge in [-0.25, -0.2) is 4.99 Å². The van der Waals surface area contributed by atoms with Gasteiger partial charge in [0.05, 0.1) is 18.1 Å². The summed E-state index contributed by atoms with van der Waals surface area (Å²) >= 11 is 12.3. The van der Waals surface area contributed by atoms with Crippen molar-refractivity contribution in [3.63, 3.8) is 0 Å². The third-order valence-electron chi connectivity index (χ3n) is 5.16. The molecule has 0 aliphatic heterocycles. The van der Waals surface area contributed by atoms with E-state index < -0.39 is 0 Å². The largest absolute Gasteiger partial charge is 0.354 e. The molecule has 1 aliphatic rings. The Hall–Kier alpha value is -1.000. The van der Waals surface area contributed by atoms with Crippen LogP contribution in [0.3, 0.4) is 0 Å². The van der Waals surface area contributed by atoms with Crippen LogP contribution < -0.4 is 10.6 Å². The molecule has 1 aliphatic carbocycles. The second kappa shape index (κ2) is 10.7. The van der Waals surface area contributed by atoms with Gasteiger partial charge >= 0.3 is 0 Å². The number of hydrogen-bond donors (Lipinski definition) is 2. The summed E-state index contributed by atoms with van der Waals surface area (Å²) in [5, 5.41) is 16.4. The molecule has 0 radical (unpaired) electrons. The summed E-state index contributed by atoms with van der Waals surface area (Å²) in [5.41, 5.74) is 0.962. The number of halogens is 3. The van der Waals surface area contributed by atoms with Gasteiger partial charge in [-0.1, -0.05) is 42.5 Å². The third kappa shape index (κ3) is 5.76. The number of nitrogens with zero attached hydrogens (tertiary/aromatic N) is 5. The van der Waals surface area contributed by atoms with Gasteiger partial charge in [-0.3, -0.25) is 0 Å². The molecule has 2 N–H and O–H groups in total. The lowest BCUT2D eigenvalue weighted by Crippen LogP contribution is -2.44. The van der Waals surface area contributed by atoms with Crippen molar-refractivity contribution < 1.29 is 0 Å². The van der Waals surface area contributed by atoms with E-state index in [1.54, 1.807) is 0 Å². The fraction of sp³-hybridized carbons (Fsp3) is 0.611. The van der Waals surface area contributed by atoms with Crippen molar-refractivity contribution in [3.8, 4) is 0 Å². The summed E-state index contributed by atoms with van der Waals surface area (Å²) in [6.07, 6.45) is 6.18. The van der Waals surface area contributed by atoms with Gasteiger partial charge in [0.1, 0.15) is 11.0 Å². The number of rotatable bonds is 5. The highest BCUT2D eigenvalue weighted by atomic mass is 127. The van der Waals surface area contributed by atoms with E-state index in [0.717, 1.165) is 23.3 Å². The van der Waals surface area contributed by atoms with Crippen LogP contribution in [0.2, 0.25) is 10.2 Å². The van der Waals surface area contributed by atoms with E-state index in [9.17, 15) is 0 Å². The maximum Gasteiger partial charge on any atom is 0.192 e. The van der Waals surface area contributed by atoms with Crippen molar-refractivity contribution in [2.24, 2.45) is 19.1 Å². The number of aliphatic imine (C=N–C) groups is 1. The number of nitrogens with one attached hydrogen (secondary N) is 2. The second-order valence-electron chi connectivity index (χ2n) is 7.05. The average Bonchev–Trinajstić information content (AvgIpc) is 3.12. The van der Waals surface area contributed by atoms with Gasteiger partial charge in [0.15, 0.2) is 11.8 Å². The molecular weight excluding hydrogens is 512 g/mol. The van der Waals surface area contributed by atoms with Gasteiger partial charge in [0.25, 0.3) is 0 Å². The molecule has 0 saturated heterocycles. The predicted molar refractivity (Wildman–Crippen MR) is 125 cm³/mol. The molecule has 0 spiro atoms. The number of hydrogen-bond acceptors (Lipinski definition) is 3. The topological polar surface area (TPSA) is 72.1 Å². The van der Waals surface area contributed by atoms with Gasteiger partial charge < -0.3 is 19.8 Å². The standard InChI is InChI=1S/C18H27Cl2N7.HI/c1-12-24-25-16(26(12)2)11-22-18(23-13-7-5-4-6-8-13)21-10-14-9-15(19)17(20)27(14)3;/h9,13H,4-8,10-11H2,1-3H3,(H2,21,22,23);1H. The van der Waals surface area contributed by atoms with Gasteiger partial charge in [-0.2, -0.15) is 0 Å². The normalized spacial score (nSPS) is 15.4. The van der Waals surface area contributed by atoms with Crippen LogP contribution in [0.25, 0.3) is 0 Å². The van der Waals surface area contributed by atoms with E-state index >= 15 is 0 Å². The molecule has 156 valence electrons. The van der Waals surface area contributed by atoms with Crippen molar-refractivity contribution in [1.29, 1.82) is 0 Å². The highest BCUT2D eigenvalue weighted by Gasteiger charge is 2.16. The zero-order chi connectivity index (χ0) is 19.4. The fourth-order valence-electron chi connectivity index (χ4n) is 3.26. The first kappa shape index (κ1) is 23.3. The van der Waals surface area contributed by atoms with Crippen LogP contribution in [-0.4, -0.2) is 31.3 Å². The Kier molecular flexibility index (Phi) is 8.88. The van der Waals surface area contributed by atoms with Crippen molar-refractivity contribution in [2.75, 3.05) is 0 Å². The molecule has 28 heavy (non-hydrogen) atoms. The van der Waals surface area contributed by atoms with Crippen LogP contribution in [0.5, 0.6) is 0 Å². The molecule has 1 fully saturated rings. The first-order valence-electron chi connectivity index (χ1n) is 9.35. The molecule has 0 amide bonds. The third-order valence-corrected chi connectivity index (χ3v) is 6.00.